The Labute approximate surface area is 152 Å². The van der Waals surface area contributed by atoms with Crippen molar-refractivity contribution in [2.75, 3.05) is 28.4 Å². The average Bonchev–Trinajstić information content (AvgIpc) is 3.03. The molecule has 0 spiro atoms. The summed E-state index contributed by atoms with van der Waals surface area (Å²) in [5.74, 6) is 0.586. The molecule has 0 aliphatic carbocycles. The van der Waals surface area contributed by atoms with Gasteiger partial charge in [-0.1, -0.05) is 18.2 Å². The Kier molecular flexibility index (Phi) is 3.91. The van der Waals surface area contributed by atoms with Crippen LogP contribution in [0.1, 0.15) is 5.56 Å². The molecule has 2 saturated heterocycles. The van der Waals surface area contributed by atoms with Crippen LogP contribution in [0.25, 0.3) is 0 Å². The van der Waals surface area contributed by atoms with Crippen molar-refractivity contribution >= 4 is 27.2 Å². The summed E-state index contributed by atoms with van der Waals surface area (Å²) in [4.78, 5) is 16.5. The summed E-state index contributed by atoms with van der Waals surface area (Å²) in [5.41, 5.74) is 2.40. The van der Waals surface area contributed by atoms with Gasteiger partial charge in [0.25, 0.3) is 0 Å². The van der Waals surface area contributed by atoms with Gasteiger partial charge in [0.1, 0.15) is 5.75 Å². The van der Waals surface area contributed by atoms with Crippen LogP contribution >= 0.6 is 0 Å². The molecule has 4 rings (SSSR count). The molecular formula is C19H20N2O4S. The summed E-state index contributed by atoms with van der Waals surface area (Å²) < 4.78 is 29.9. The normalized spacial score (nSPS) is 24.0. The smallest absolute Gasteiger partial charge is 0.329 e. The van der Waals surface area contributed by atoms with Crippen molar-refractivity contribution in [1.29, 1.82) is 0 Å². The second-order valence-corrected chi connectivity index (χ2v) is 8.93. The quantitative estimate of drug-likeness (QED) is 0.777. The number of urea groups is 1. The fourth-order valence-electron chi connectivity index (χ4n) is 3.85. The standard InChI is InChI=1S/C19H20N2O4S/c1-13-5-3-6-14(9-13)20-17-11-26(23,24)12-18(17)21(19(20)22)15-7-4-8-16(10-15)25-2/h3-10,17-18H,11-12H2,1-2H3. The number of ether oxygens (including phenoxy) is 1. The number of fused-ring (bicyclic) bond motifs is 1. The van der Waals surface area contributed by atoms with Gasteiger partial charge in [-0.3, -0.25) is 9.80 Å². The Morgan fingerprint density at radius 1 is 0.962 bits per heavy atom. The zero-order valence-electron chi connectivity index (χ0n) is 14.6. The number of rotatable bonds is 3. The third-order valence-electron chi connectivity index (χ3n) is 4.98. The molecule has 2 amide bonds. The van der Waals surface area contributed by atoms with Crippen LogP contribution in [0, 0.1) is 6.92 Å². The average molecular weight is 372 g/mol. The number of benzene rings is 2. The number of anilines is 2. The van der Waals surface area contributed by atoms with E-state index in [1.807, 2.05) is 37.3 Å². The van der Waals surface area contributed by atoms with Gasteiger partial charge in [-0.2, -0.15) is 0 Å². The number of hydrogen-bond donors (Lipinski definition) is 0. The van der Waals surface area contributed by atoms with E-state index in [0.29, 0.717) is 11.4 Å². The molecule has 2 atom stereocenters. The lowest BCUT2D eigenvalue weighted by Crippen LogP contribution is -2.37. The van der Waals surface area contributed by atoms with Crippen LogP contribution in [0.2, 0.25) is 0 Å². The summed E-state index contributed by atoms with van der Waals surface area (Å²) >= 11 is 0. The molecule has 2 aliphatic rings. The topological polar surface area (TPSA) is 66.9 Å². The minimum Gasteiger partial charge on any atom is -0.497 e. The van der Waals surface area contributed by atoms with Crippen molar-refractivity contribution < 1.29 is 17.9 Å². The molecule has 2 aromatic rings. The first-order valence-electron chi connectivity index (χ1n) is 8.43. The van der Waals surface area contributed by atoms with Crippen molar-refractivity contribution in [3.05, 3.63) is 54.1 Å². The predicted octanol–water partition coefficient (Wildman–Crippen LogP) is 2.62. The van der Waals surface area contributed by atoms with Crippen LogP contribution in [0.3, 0.4) is 0 Å². The molecule has 6 nitrogen and oxygen atoms in total. The highest BCUT2D eigenvalue weighted by molar-refractivity contribution is 7.91. The molecule has 2 unspecified atom stereocenters. The van der Waals surface area contributed by atoms with Crippen molar-refractivity contribution in [2.24, 2.45) is 0 Å². The Morgan fingerprint density at radius 3 is 2.12 bits per heavy atom. The molecule has 2 aliphatic heterocycles. The molecule has 2 heterocycles. The van der Waals surface area contributed by atoms with Gasteiger partial charge in [0.15, 0.2) is 9.84 Å². The maximum Gasteiger partial charge on any atom is 0.329 e. The van der Waals surface area contributed by atoms with Crippen LogP contribution in [0.4, 0.5) is 16.2 Å². The van der Waals surface area contributed by atoms with Gasteiger partial charge < -0.3 is 4.74 Å². The number of amides is 2. The molecule has 2 fully saturated rings. The maximum absolute atomic E-state index is 13.3. The molecule has 136 valence electrons. The van der Waals surface area contributed by atoms with Crippen molar-refractivity contribution in [2.45, 2.75) is 19.0 Å². The molecular weight excluding hydrogens is 352 g/mol. The van der Waals surface area contributed by atoms with Crippen LogP contribution in [0.5, 0.6) is 5.75 Å². The molecule has 0 bridgehead atoms. The van der Waals surface area contributed by atoms with Gasteiger partial charge in [0, 0.05) is 17.4 Å². The molecule has 7 heteroatoms. The fraction of sp³-hybridized carbons (Fsp3) is 0.316. The Hall–Kier alpha value is -2.54. The third-order valence-corrected chi connectivity index (χ3v) is 6.68. The first kappa shape index (κ1) is 16.9. The van der Waals surface area contributed by atoms with Crippen molar-refractivity contribution in [1.82, 2.24) is 0 Å². The highest BCUT2D eigenvalue weighted by Crippen LogP contribution is 2.38. The van der Waals surface area contributed by atoms with Gasteiger partial charge in [0.05, 0.1) is 30.7 Å². The van der Waals surface area contributed by atoms with Gasteiger partial charge in [0.2, 0.25) is 0 Å². The second kappa shape index (κ2) is 6.02. The summed E-state index contributed by atoms with van der Waals surface area (Å²) in [5, 5.41) is 0. The first-order chi connectivity index (χ1) is 12.4. The Morgan fingerprint density at radius 2 is 1.54 bits per heavy atom. The molecule has 2 aromatic carbocycles. The van der Waals surface area contributed by atoms with E-state index in [9.17, 15) is 13.2 Å². The predicted molar refractivity (Wildman–Crippen MR) is 101 cm³/mol. The number of carbonyl (C=O) groups is 1. The number of carbonyl (C=O) groups excluding carboxylic acids is 1. The first-order valence-corrected chi connectivity index (χ1v) is 10.3. The molecule has 0 saturated carbocycles. The van der Waals surface area contributed by atoms with Crippen LogP contribution in [-0.4, -0.2) is 45.1 Å². The number of aryl methyl sites for hydroxylation is 1. The largest absolute Gasteiger partial charge is 0.497 e. The molecule has 0 radical (unpaired) electrons. The summed E-state index contributed by atoms with van der Waals surface area (Å²) in [7, 11) is -1.64. The molecule has 26 heavy (non-hydrogen) atoms. The van der Waals surface area contributed by atoms with Gasteiger partial charge in [-0.05, 0) is 36.8 Å². The van der Waals surface area contributed by atoms with Gasteiger partial charge >= 0.3 is 6.03 Å². The van der Waals surface area contributed by atoms with Gasteiger partial charge in [-0.15, -0.1) is 0 Å². The third kappa shape index (κ3) is 2.72. The van der Waals surface area contributed by atoms with E-state index in [1.54, 1.807) is 35.1 Å². The van der Waals surface area contributed by atoms with E-state index in [2.05, 4.69) is 0 Å². The van der Waals surface area contributed by atoms with E-state index >= 15 is 0 Å². The van der Waals surface area contributed by atoms with Crippen LogP contribution in [-0.2, 0) is 9.84 Å². The monoisotopic (exact) mass is 372 g/mol. The van der Waals surface area contributed by atoms with Crippen LogP contribution in [0.15, 0.2) is 48.5 Å². The Bertz CT molecular complexity index is 973. The van der Waals surface area contributed by atoms with E-state index in [4.69, 9.17) is 4.74 Å². The van der Waals surface area contributed by atoms with E-state index < -0.39 is 15.9 Å². The molecule has 0 N–H and O–H groups in total. The van der Waals surface area contributed by atoms with E-state index in [-0.39, 0.29) is 23.6 Å². The lowest BCUT2D eigenvalue weighted by molar-refractivity contribution is 0.255. The molecule has 0 aromatic heterocycles. The summed E-state index contributed by atoms with van der Waals surface area (Å²) in [6, 6.07) is 13.8. The van der Waals surface area contributed by atoms with Crippen LogP contribution < -0.4 is 14.5 Å². The number of methoxy groups -OCH3 is 1. The van der Waals surface area contributed by atoms with E-state index in [0.717, 1.165) is 11.3 Å². The minimum absolute atomic E-state index is 0.0161. The zero-order chi connectivity index (χ0) is 18.5. The number of sulfone groups is 1. The lowest BCUT2D eigenvalue weighted by atomic mass is 10.1. The zero-order valence-corrected chi connectivity index (χ0v) is 15.4. The highest BCUT2D eigenvalue weighted by Gasteiger charge is 2.54. The minimum atomic E-state index is -3.20. The highest BCUT2D eigenvalue weighted by atomic mass is 32.2. The lowest BCUT2D eigenvalue weighted by Gasteiger charge is -2.23. The van der Waals surface area contributed by atoms with Crippen molar-refractivity contribution in [3.63, 3.8) is 0 Å². The fourth-order valence-corrected chi connectivity index (χ4v) is 5.76. The maximum atomic E-state index is 13.3. The van der Waals surface area contributed by atoms with Crippen molar-refractivity contribution in [3.8, 4) is 5.75 Å². The number of nitrogens with zero attached hydrogens (tertiary/aromatic N) is 2. The summed E-state index contributed by atoms with van der Waals surface area (Å²) in [6.07, 6.45) is 0. The summed E-state index contributed by atoms with van der Waals surface area (Å²) in [6.45, 7) is 1.95. The van der Waals surface area contributed by atoms with E-state index in [1.165, 1.54) is 0 Å². The second-order valence-electron chi connectivity index (χ2n) is 6.77. The van der Waals surface area contributed by atoms with Gasteiger partial charge in [-0.25, -0.2) is 13.2 Å². The number of hydrogen-bond acceptors (Lipinski definition) is 4. The Balaban J connectivity index is 1.81. The SMILES string of the molecule is COc1cccc(N2C(=O)N(c3cccc(C)c3)C3CS(=O)(=O)CC32)c1.